The van der Waals surface area contributed by atoms with Gasteiger partial charge in [-0.05, 0) is 56.7 Å². The predicted molar refractivity (Wildman–Crippen MR) is 92.1 cm³/mol. The first kappa shape index (κ1) is 15.4. The first-order chi connectivity index (χ1) is 11.7. The Balaban J connectivity index is 1.35. The molecule has 4 rings (SSSR count). The molecule has 128 valence electrons. The van der Waals surface area contributed by atoms with Gasteiger partial charge < -0.3 is 21.3 Å². The minimum Gasteiger partial charge on any atom is -0.349 e. The zero-order chi connectivity index (χ0) is 16.5. The number of fused-ring (bicyclic) bond motifs is 2. The van der Waals surface area contributed by atoms with Crippen LogP contribution in [-0.2, 0) is 0 Å². The topological polar surface area (TPSA) is 82.3 Å². The lowest BCUT2D eigenvalue weighted by Gasteiger charge is -2.29. The van der Waals surface area contributed by atoms with Gasteiger partial charge in [0, 0.05) is 35.4 Å². The average Bonchev–Trinajstić information content (AvgIpc) is 3.30. The number of urea groups is 1. The Bertz CT molecular complexity index is 632. The summed E-state index contributed by atoms with van der Waals surface area (Å²) in [6.07, 6.45) is 6.54. The number of hydrogen-bond acceptors (Lipinski definition) is 3. The lowest BCUT2D eigenvalue weighted by molar-refractivity contribution is 0.0924. The van der Waals surface area contributed by atoms with Gasteiger partial charge in [-0.2, -0.15) is 0 Å². The number of piperidine rings is 1. The van der Waals surface area contributed by atoms with Crippen molar-refractivity contribution in [3.63, 3.8) is 0 Å². The highest BCUT2D eigenvalue weighted by Crippen LogP contribution is 2.27. The van der Waals surface area contributed by atoms with Gasteiger partial charge in [-0.1, -0.05) is 6.07 Å². The van der Waals surface area contributed by atoms with Gasteiger partial charge in [0.1, 0.15) is 0 Å². The fourth-order valence-electron chi connectivity index (χ4n) is 3.76. The summed E-state index contributed by atoms with van der Waals surface area (Å²) in [5.41, 5.74) is 1.23. The summed E-state index contributed by atoms with van der Waals surface area (Å²) in [7, 11) is 0. The second-order valence-electron chi connectivity index (χ2n) is 7.23. The van der Waals surface area contributed by atoms with Gasteiger partial charge in [0.25, 0.3) is 5.91 Å². The van der Waals surface area contributed by atoms with E-state index in [-0.39, 0.29) is 18.0 Å². The third kappa shape index (κ3) is 3.70. The van der Waals surface area contributed by atoms with E-state index >= 15 is 0 Å². The van der Waals surface area contributed by atoms with Crippen molar-refractivity contribution in [1.29, 1.82) is 0 Å². The molecule has 2 heterocycles. The summed E-state index contributed by atoms with van der Waals surface area (Å²) in [5, 5.41) is 12.4. The fraction of sp³-hybridized carbons (Fsp3) is 0.556. The molecule has 1 aromatic rings. The highest BCUT2D eigenvalue weighted by molar-refractivity contribution is 5.97. The Kier molecular flexibility index (Phi) is 4.14. The van der Waals surface area contributed by atoms with Crippen LogP contribution in [0, 0.1) is 0 Å². The van der Waals surface area contributed by atoms with Crippen LogP contribution in [0.4, 0.5) is 10.5 Å². The number of carbonyl (C=O) groups is 2. The molecule has 2 saturated heterocycles. The predicted octanol–water partition coefficient (Wildman–Crippen LogP) is 1.98. The van der Waals surface area contributed by atoms with E-state index in [9.17, 15) is 9.59 Å². The lowest BCUT2D eigenvalue weighted by atomic mass is 9.99. The van der Waals surface area contributed by atoms with Crippen molar-refractivity contribution in [1.82, 2.24) is 16.0 Å². The summed E-state index contributed by atoms with van der Waals surface area (Å²) in [6, 6.07) is 8.57. The van der Waals surface area contributed by atoms with Gasteiger partial charge in [0.05, 0.1) is 0 Å². The van der Waals surface area contributed by atoms with Crippen molar-refractivity contribution in [2.24, 2.45) is 0 Å². The average molecular weight is 328 g/mol. The van der Waals surface area contributed by atoms with E-state index in [2.05, 4.69) is 21.3 Å². The van der Waals surface area contributed by atoms with E-state index in [1.54, 1.807) is 24.3 Å². The molecule has 6 heteroatoms. The molecule has 6 nitrogen and oxygen atoms in total. The van der Waals surface area contributed by atoms with Gasteiger partial charge in [0.2, 0.25) is 0 Å². The molecule has 3 fully saturated rings. The number of nitrogens with one attached hydrogen (secondary N) is 4. The van der Waals surface area contributed by atoms with E-state index in [0.717, 1.165) is 25.7 Å². The van der Waals surface area contributed by atoms with Crippen LogP contribution in [0.5, 0.6) is 0 Å². The monoisotopic (exact) mass is 328 g/mol. The van der Waals surface area contributed by atoms with Crippen molar-refractivity contribution < 1.29 is 9.59 Å². The van der Waals surface area contributed by atoms with Gasteiger partial charge >= 0.3 is 6.03 Å². The summed E-state index contributed by atoms with van der Waals surface area (Å²) < 4.78 is 0. The summed E-state index contributed by atoms with van der Waals surface area (Å²) in [6.45, 7) is 0. The van der Waals surface area contributed by atoms with Crippen LogP contribution in [0.3, 0.4) is 0 Å². The van der Waals surface area contributed by atoms with Crippen molar-refractivity contribution in [3.8, 4) is 0 Å². The Morgan fingerprint density at radius 3 is 2.42 bits per heavy atom. The number of benzene rings is 1. The van der Waals surface area contributed by atoms with Crippen LogP contribution in [0.2, 0.25) is 0 Å². The first-order valence-electron chi connectivity index (χ1n) is 8.90. The van der Waals surface area contributed by atoms with Crippen molar-refractivity contribution >= 4 is 17.6 Å². The number of amides is 3. The maximum atomic E-state index is 12.5. The smallest absolute Gasteiger partial charge is 0.319 e. The molecule has 2 unspecified atom stereocenters. The summed E-state index contributed by atoms with van der Waals surface area (Å²) >= 11 is 0. The lowest BCUT2D eigenvalue weighted by Crippen LogP contribution is -2.48. The number of carbonyl (C=O) groups excluding carboxylic acids is 2. The molecule has 0 spiro atoms. The van der Waals surface area contributed by atoms with E-state index < -0.39 is 0 Å². The molecule has 1 aromatic carbocycles. The van der Waals surface area contributed by atoms with E-state index in [1.807, 2.05) is 0 Å². The Morgan fingerprint density at radius 1 is 0.958 bits per heavy atom. The molecular weight excluding hydrogens is 304 g/mol. The first-order valence-corrected chi connectivity index (χ1v) is 8.90. The molecule has 1 aliphatic carbocycles. The molecule has 2 atom stereocenters. The van der Waals surface area contributed by atoms with Crippen molar-refractivity contribution in [2.75, 3.05) is 5.32 Å². The zero-order valence-electron chi connectivity index (χ0n) is 13.7. The summed E-state index contributed by atoms with van der Waals surface area (Å²) in [5.74, 6) is -0.0625. The van der Waals surface area contributed by atoms with Gasteiger partial charge in [-0.3, -0.25) is 4.79 Å². The van der Waals surface area contributed by atoms with E-state index in [4.69, 9.17) is 0 Å². The molecule has 24 heavy (non-hydrogen) atoms. The molecule has 3 amide bonds. The molecule has 3 aliphatic rings. The SMILES string of the molecule is O=C(Nc1cccc(C(=O)NC2CC3CCC(C2)N3)c1)NC1CC1. The van der Waals surface area contributed by atoms with Crippen LogP contribution in [0.1, 0.15) is 48.9 Å². The maximum Gasteiger partial charge on any atom is 0.319 e. The van der Waals surface area contributed by atoms with E-state index in [1.165, 1.54) is 12.8 Å². The Morgan fingerprint density at radius 2 is 1.71 bits per heavy atom. The molecular formula is C18H24N4O2. The third-order valence-electron chi connectivity index (χ3n) is 5.10. The standard InChI is InChI=1S/C18H24N4O2/c23-17(20-16-9-14-6-7-15(10-16)19-14)11-2-1-3-13(8-11)22-18(24)21-12-4-5-12/h1-3,8,12,14-16,19H,4-7,9-10H2,(H,20,23)(H2,21,22,24). The van der Waals surface area contributed by atoms with Gasteiger partial charge in [0.15, 0.2) is 0 Å². The van der Waals surface area contributed by atoms with Crippen LogP contribution in [0.15, 0.2) is 24.3 Å². The molecule has 0 radical (unpaired) electrons. The van der Waals surface area contributed by atoms with Crippen molar-refractivity contribution in [2.45, 2.75) is 62.7 Å². The molecule has 0 aromatic heterocycles. The van der Waals surface area contributed by atoms with Crippen LogP contribution in [0.25, 0.3) is 0 Å². The quantitative estimate of drug-likeness (QED) is 0.682. The largest absolute Gasteiger partial charge is 0.349 e. The molecule has 2 bridgehead atoms. The Labute approximate surface area is 141 Å². The zero-order valence-corrected chi connectivity index (χ0v) is 13.7. The minimum atomic E-state index is -0.204. The number of rotatable bonds is 4. The summed E-state index contributed by atoms with van der Waals surface area (Å²) in [4.78, 5) is 24.3. The second kappa shape index (κ2) is 6.43. The molecule has 1 saturated carbocycles. The minimum absolute atomic E-state index is 0.0625. The van der Waals surface area contributed by atoms with E-state index in [0.29, 0.717) is 29.4 Å². The Hall–Kier alpha value is -2.08. The molecule has 4 N–H and O–H groups in total. The van der Waals surface area contributed by atoms with Gasteiger partial charge in [-0.25, -0.2) is 4.79 Å². The van der Waals surface area contributed by atoms with Gasteiger partial charge in [-0.15, -0.1) is 0 Å². The number of hydrogen-bond donors (Lipinski definition) is 4. The van der Waals surface area contributed by atoms with Crippen LogP contribution >= 0.6 is 0 Å². The molecule has 2 aliphatic heterocycles. The maximum absolute atomic E-state index is 12.5. The normalized spacial score (nSPS) is 28.2. The second-order valence-corrected chi connectivity index (χ2v) is 7.23. The highest BCUT2D eigenvalue weighted by Gasteiger charge is 2.34. The highest BCUT2D eigenvalue weighted by atomic mass is 16.2. The van der Waals surface area contributed by atoms with Crippen molar-refractivity contribution in [3.05, 3.63) is 29.8 Å². The third-order valence-corrected chi connectivity index (χ3v) is 5.10. The van der Waals surface area contributed by atoms with Crippen LogP contribution in [-0.4, -0.2) is 36.1 Å². The van der Waals surface area contributed by atoms with Crippen LogP contribution < -0.4 is 21.3 Å². The fourth-order valence-corrected chi connectivity index (χ4v) is 3.76. The number of anilines is 1.